The first-order valence-corrected chi connectivity index (χ1v) is 6.22. The van der Waals surface area contributed by atoms with Crippen LogP contribution in [0.15, 0.2) is 24.3 Å². The maximum absolute atomic E-state index is 12.0. The van der Waals surface area contributed by atoms with E-state index in [0.29, 0.717) is 6.54 Å². The van der Waals surface area contributed by atoms with E-state index in [1.807, 2.05) is 18.2 Å². The van der Waals surface area contributed by atoms with Crippen molar-refractivity contribution in [1.82, 2.24) is 5.32 Å². The van der Waals surface area contributed by atoms with Gasteiger partial charge in [0, 0.05) is 6.54 Å². The van der Waals surface area contributed by atoms with Crippen molar-refractivity contribution in [3.63, 3.8) is 0 Å². The Morgan fingerprint density at radius 1 is 1.53 bits per heavy atom. The molecule has 0 aliphatic heterocycles. The predicted octanol–water partition coefficient (Wildman–Crippen LogP) is 1.60. The van der Waals surface area contributed by atoms with Crippen LogP contribution >= 0.6 is 0 Å². The third-order valence-corrected chi connectivity index (χ3v) is 3.26. The molecule has 3 heteroatoms. The van der Waals surface area contributed by atoms with Gasteiger partial charge in [0.2, 0.25) is 5.91 Å². The fourth-order valence-corrected chi connectivity index (χ4v) is 2.40. The average Bonchev–Trinajstić information content (AvgIpc) is 2.35. The number of hydrogen-bond acceptors (Lipinski definition) is 2. The SMILES string of the molecule is CC(O)CNC(=O)C1CCCc2ccccc21. The van der Waals surface area contributed by atoms with Crippen LogP contribution in [0.25, 0.3) is 0 Å². The molecule has 0 aromatic heterocycles. The number of nitrogens with one attached hydrogen (secondary N) is 1. The third kappa shape index (κ3) is 2.86. The highest BCUT2D eigenvalue weighted by Gasteiger charge is 2.25. The van der Waals surface area contributed by atoms with Gasteiger partial charge in [-0.1, -0.05) is 24.3 Å². The van der Waals surface area contributed by atoms with Gasteiger partial charge >= 0.3 is 0 Å². The molecule has 1 amide bonds. The second-order valence-electron chi connectivity index (χ2n) is 4.74. The van der Waals surface area contributed by atoms with Crippen LogP contribution in [0.5, 0.6) is 0 Å². The molecule has 1 aromatic carbocycles. The van der Waals surface area contributed by atoms with Gasteiger partial charge in [0.15, 0.2) is 0 Å². The third-order valence-electron chi connectivity index (χ3n) is 3.26. The molecule has 2 rings (SSSR count). The number of aryl methyl sites for hydroxylation is 1. The molecule has 2 atom stereocenters. The van der Waals surface area contributed by atoms with E-state index in [-0.39, 0.29) is 11.8 Å². The lowest BCUT2D eigenvalue weighted by Crippen LogP contribution is -2.35. The van der Waals surface area contributed by atoms with Crippen LogP contribution in [-0.2, 0) is 11.2 Å². The Kier molecular flexibility index (Phi) is 3.79. The lowest BCUT2D eigenvalue weighted by molar-refractivity contribution is -0.123. The van der Waals surface area contributed by atoms with Gasteiger partial charge in [0.1, 0.15) is 0 Å². The van der Waals surface area contributed by atoms with E-state index in [4.69, 9.17) is 0 Å². The fourth-order valence-electron chi connectivity index (χ4n) is 2.40. The van der Waals surface area contributed by atoms with Gasteiger partial charge in [-0.05, 0) is 37.3 Å². The van der Waals surface area contributed by atoms with E-state index in [1.54, 1.807) is 6.92 Å². The van der Waals surface area contributed by atoms with Gasteiger partial charge in [-0.25, -0.2) is 0 Å². The van der Waals surface area contributed by atoms with Crippen LogP contribution in [0.3, 0.4) is 0 Å². The second-order valence-corrected chi connectivity index (χ2v) is 4.74. The van der Waals surface area contributed by atoms with Crippen molar-refractivity contribution < 1.29 is 9.90 Å². The molecule has 0 fully saturated rings. The first-order chi connectivity index (χ1) is 8.18. The van der Waals surface area contributed by atoms with Crippen molar-refractivity contribution in [3.8, 4) is 0 Å². The summed E-state index contributed by atoms with van der Waals surface area (Å²) in [7, 11) is 0. The Labute approximate surface area is 102 Å². The molecule has 3 nitrogen and oxygen atoms in total. The van der Waals surface area contributed by atoms with Crippen molar-refractivity contribution in [2.75, 3.05) is 6.54 Å². The standard InChI is InChI=1S/C14H19NO2/c1-10(16)9-15-14(17)13-8-4-6-11-5-2-3-7-12(11)13/h2-3,5,7,10,13,16H,4,6,8-9H2,1H3,(H,15,17). The highest BCUT2D eigenvalue weighted by molar-refractivity contribution is 5.84. The molecular formula is C14H19NO2. The second kappa shape index (κ2) is 5.32. The number of hydrogen-bond donors (Lipinski definition) is 2. The number of carbonyl (C=O) groups excluding carboxylic acids is 1. The summed E-state index contributed by atoms with van der Waals surface area (Å²) in [5.74, 6) is -0.00301. The van der Waals surface area contributed by atoms with E-state index < -0.39 is 6.10 Å². The topological polar surface area (TPSA) is 49.3 Å². The minimum atomic E-state index is -0.488. The number of rotatable bonds is 3. The summed E-state index contributed by atoms with van der Waals surface area (Å²) >= 11 is 0. The number of aliphatic hydroxyl groups is 1. The minimum absolute atomic E-state index is 0.0399. The maximum atomic E-state index is 12.0. The number of carbonyl (C=O) groups is 1. The van der Waals surface area contributed by atoms with E-state index in [0.717, 1.165) is 24.8 Å². The Hall–Kier alpha value is -1.35. The molecule has 0 saturated carbocycles. The van der Waals surface area contributed by atoms with Crippen molar-refractivity contribution in [2.45, 2.75) is 38.2 Å². The van der Waals surface area contributed by atoms with Crippen LogP contribution in [0, 0.1) is 0 Å². The number of fused-ring (bicyclic) bond motifs is 1. The van der Waals surface area contributed by atoms with Crippen LogP contribution in [-0.4, -0.2) is 23.7 Å². The maximum Gasteiger partial charge on any atom is 0.227 e. The summed E-state index contributed by atoms with van der Waals surface area (Å²) in [5, 5.41) is 12.0. The molecule has 2 unspecified atom stereocenters. The zero-order valence-electron chi connectivity index (χ0n) is 10.1. The average molecular weight is 233 g/mol. The van der Waals surface area contributed by atoms with Crippen molar-refractivity contribution in [1.29, 1.82) is 0 Å². The lowest BCUT2D eigenvalue weighted by atomic mass is 9.82. The molecular weight excluding hydrogens is 214 g/mol. The van der Waals surface area contributed by atoms with Gasteiger partial charge in [-0.3, -0.25) is 4.79 Å². The largest absolute Gasteiger partial charge is 0.392 e. The Morgan fingerprint density at radius 3 is 3.06 bits per heavy atom. The molecule has 0 spiro atoms. The van der Waals surface area contributed by atoms with Crippen molar-refractivity contribution in [2.24, 2.45) is 0 Å². The summed E-state index contributed by atoms with van der Waals surface area (Å²) in [4.78, 5) is 12.0. The molecule has 92 valence electrons. The summed E-state index contributed by atoms with van der Waals surface area (Å²) < 4.78 is 0. The molecule has 0 saturated heterocycles. The highest BCUT2D eigenvalue weighted by Crippen LogP contribution is 2.31. The lowest BCUT2D eigenvalue weighted by Gasteiger charge is -2.24. The summed E-state index contributed by atoms with van der Waals surface area (Å²) in [6.45, 7) is 2.01. The summed E-state index contributed by atoms with van der Waals surface area (Å²) in [6, 6.07) is 8.15. The normalized spacial score (nSPS) is 20.5. The minimum Gasteiger partial charge on any atom is -0.392 e. The Morgan fingerprint density at radius 2 is 2.29 bits per heavy atom. The molecule has 17 heavy (non-hydrogen) atoms. The summed E-state index contributed by atoms with van der Waals surface area (Å²) in [6.07, 6.45) is 2.54. The number of aliphatic hydroxyl groups excluding tert-OH is 1. The van der Waals surface area contributed by atoms with Crippen LogP contribution in [0.2, 0.25) is 0 Å². The van der Waals surface area contributed by atoms with Crippen molar-refractivity contribution in [3.05, 3.63) is 35.4 Å². The Balaban J connectivity index is 2.10. The van der Waals surface area contributed by atoms with Gasteiger partial charge in [-0.2, -0.15) is 0 Å². The van der Waals surface area contributed by atoms with Gasteiger partial charge in [0.05, 0.1) is 12.0 Å². The van der Waals surface area contributed by atoms with Gasteiger partial charge in [0.25, 0.3) is 0 Å². The van der Waals surface area contributed by atoms with Crippen molar-refractivity contribution >= 4 is 5.91 Å². The Bertz CT molecular complexity index is 401. The van der Waals surface area contributed by atoms with Crippen LogP contribution < -0.4 is 5.32 Å². The summed E-state index contributed by atoms with van der Waals surface area (Å²) in [5.41, 5.74) is 2.44. The molecule has 2 N–H and O–H groups in total. The van der Waals surface area contributed by atoms with Crippen LogP contribution in [0.4, 0.5) is 0 Å². The van der Waals surface area contributed by atoms with E-state index in [9.17, 15) is 9.90 Å². The number of benzene rings is 1. The highest BCUT2D eigenvalue weighted by atomic mass is 16.3. The first kappa shape index (κ1) is 12.1. The first-order valence-electron chi connectivity index (χ1n) is 6.22. The fraction of sp³-hybridized carbons (Fsp3) is 0.500. The van der Waals surface area contributed by atoms with Gasteiger partial charge in [-0.15, -0.1) is 0 Å². The molecule has 0 radical (unpaired) electrons. The molecule has 1 aromatic rings. The van der Waals surface area contributed by atoms with E-state index >= 15 is 0 Å². The predicted molar refractivity (Wildman–Crippen MR) is 66.8 cm³/mol. The zero-order valence-corrected chi connectivity index (χ0v) is 10.1. The monoisotopic (exact) mass is 233 g/mol. The molecule has 0 bridgehead atoms. The van der Waals surface area contributed by atoms with Crippen LogP contribution in [0.1, 0.15) is 36.8 Å². The smallest absolute Gasteiger partial charge is 0.227 e. The molecule has 1 aliphatic rings. The molecule has 0 heterocycles. The van der Waals surface area contributed by atoms with E-state index in [1.165, 1.54) is 5.56 Å². The van der Waals surface area contributed by atoms with Gasteiger partial charge < -0.3 is 10.4 Å². The molecule has 1 aliphatic carbocycles. The number of amides is 1. The van der Waals surface area contributed by atoms with E-state index in [2.05, 4.69) is 11.4 Å². The zero-order chi connectivity index (χ0) is 12.3. The quantitative estimate of drug-likeness (QED) is 0.833.